The molecule has 0 spiro atoms. The number of urea groups is 1. The molecule has 180 valence electrons. The van der Waals surface area contributed by atoms with Crippen LogP contribution >= 0.6 is 11.6 Å². The predicted octanol–water partition coefficient (Wildman–Crippen LogP) is 4.25. The Hall–Kier alpha value is -2.52. The van der Waals surface area contributed by atoms with Crippen LogP contribution in [0.15, 0.2) is 48.2 Å². The molecule has 0 aromatic carbocycles. The lowest BCUT2D eigenvalue weighted by Gasteiger charge is -2.35. The lowest BCUT2D eigenvalue weighted by atomic mass is 9.78. The van der Waals surface area contributed by atoms with E-state index in [-0.39, 0.29) is 16.5 Å². The quantitative estimate of drug-likeness (QED) is 0.657. The molecule has 2 amide bonds. The van der Waals surface area contributed by atoms with Gasteiger partial charge in [0.25, 0.3) is 0 Å². The fourth-order valence-corrected chi connectivity index (χ4v) is 4.31. The van der Waals surface area contributed by atoms with Gasteiger partial charge in [0.2, 0.25) is 0 Å². The molecule has 1 saturated heterocycles. The minimum atomic E-state index is -4.49. The average molecular weight is 484 g/mol. The zero-order chi connectivity index (χ0) is 24.2. The lowest BCUT2D eigenvalue weighted by Crippen LogP contribution is -2.52. The minimum absolute atomic E-state index is 0.0216. The number of aromatic nitrogens is 1. The normalized spacial score (nSPS) is 19.2. The second-order valence-corrected chi connectivity index (χ2v) is 9.13. The van der Waals surface area contributed by atoms with E-state index in [0.29, 0.717) is 38.5 Å². The molecular weight excluding hydrogens is 455 g/mol. The number of piperazine rings is 1. The molecule has 0 aliphatic carbocycles. The van der Waals surface area contributed by atoms with Crippen LogP contribution < -0.4 is 15.5 Å². The number of alkyl halides is 3. The van der Waals surface area contributed by atoms with Crippen molar-refractivity contribution in [3.63, 3.8) is 0 Å². The van der Waals surface area contributed by atoms with Crippen molar-refractivity contribution in [1.82, 2.24) is 20.5 Å². The van der Waals surface area contributed by atoms with Gasteiger partial charge in [-0.2, -0.15) is 13.2 Å². The molecule has 0 bridgehead atoms. The highest BCUT2D eigenvalue weighted by molar-refractivity contribution is 6.33. The number of hydrogen-bond acceptors (Lipinski definition) is 4. The Morgan fingerprint density at radius 3 is 2.64 bits per heavy atom. The highest BCUT2D eigenvalue weighted by atomic mass is 35.5. The number of hydrogen-bond donors (Lipinski definition) is 2. The van der Waals surface area contributed by atoms with Crippen LogP contribution in [0.4, 0.5) is 23.8 Å². The lowest BCUT2D eigenvalue weighted by molar-refractivity contribution is -0.137. The maximum absolute atomic E-state index is 12.8. The first-order valence-electron chi connectivity index (χ1n) is 10.8. The number of carbonyl (C=O) groups excluding carboxylic acids is 1. The molecule has 3 heterocycles. The summed E-state index contributed by atoms with van der Waals surface area (Å²) in [5.74, 6) is 0.295. The first kappa shape index (κ1) is 25.1. The van der Waals surface area contributed by atoms with Crippen LogP contribution in [0.3, 0.4) is 0 Å². The van der Waals surface area contributed by atoms with E-state index < -0.39 is 11.7 Å². The van der Waals surface area contributed by atoms with Crippen molar-refractivity contribution in [3.05, 3.63) is 58.8 Å². The SMILES string of the molecule is C=CC1=C(/C=C\CNC(=O)N2CCN(c3ncc(C(F)(F)F)cc3Cl)CC2)C(C)(C)CNC1. The highest BCUT2D eigenvalue weighted by Crippen LogP contribution is 2.34. The van der Waals surface area contributed by atoms with E-state index >= 15 is 0 Å². The van der Waals surface area contributed by atoms with Crippen LogP contribution in [0.1, 0.15) is 19.4 Å². The number of amides is 2. The Morgan fingerprint density at radius 1 is 1.33 bits per heavy atom. The smallest absolute Gasteiger partial charge is 0.352 e. The van der Waals surface area contributed by atoms with Gasteiger partial charge in [-0.05, 0) is 17.2 Å². The monoisotopic (exact) mass is 483 g/mol. The molecule has 2 aliphatic rings. The van der Waals surface area contributed by atoms with Crippen LogP contribution in [0.5, 0.6) is 0 Å². The van der Waals surface area contributed by atoms with Gasteiger partial charge in [-0.25, -0.2) is 9.78 Å². The molecular formula is C23H29ClF3N5O. The number of carbonyl (C=O) groups is 1. The predicted molar refractivity (Wildman–Crippen MR) is 124 cm³/mol. The molecule has 6 nitrogen and oxygen atoms in total. The van der Waals surface area contributed by atoms with E-state index in [4.69, 9.17) is 11.6 Å². The van der Waals surface area contributed by atoms with Crippen LogP contribution in [0.2, 0.25) is 5.02 Å². The second-order valence-electron chi connectivity index (χ2n) is 8.72. The zero-order valence-corrected chi connectivity index (χ0v) is 19.6. The summed E-state index contributed by atoms with van der Waals surface area (Å²) >= 11 is 6.04. The van der Waals surface area contributed by atoms with Gasteiger partial charge in [0, 0.05) is 57.4 Å². The Kier molecular flexibility index (Phi) is 7.74. The maximum Gasteiger partial charge on any atom is 0.417 e. The van der Waals surface area contributed by atoms with Gasteiger partial charge in [-0.15, -0.1) is 0 Å². The van der Waals surface area contributed by atoms with E-state index in [1.54, 1.807) is 9.80 Å². The largest absolute Gasteiger partial charge is 0.417 e. The van der Waals surface area contributed by atoms with E-state index in [9.17, 15) is 18.0 Å². The highest BCUT2D eigenvalue weighted by Gasteiger charge is 2.32. The molecule has 1 aromatic rings. The molecule has 0 radical (unpaired) electrons. The molecule has 1 fully saturated rings. The van der Waals surface area contributed by atoms with Gasteiger partial charge in [-0.1, -0.05) is 50.3 Å². The summed E-state index contributed by atoms with van der Waals surface area (Å²) in [4.78, 5) is 19.9. The number of anilines is 1. The first-order chi connectivity index (χ1) is 15.5. The van der Waals surface area contributed by atoms with Gasteiger partial charge >= 0.3 is 12.2 Å². The van der Waals surface area contributed by atoms with Crippen molar-refractivity contribution in [2.24, 2.45) is 5.41 Å². The summed E-state index contributed by atoms with van der Waals surface area (Å²) in [6.45, 7) is 12.0. The molecule has 1 aromatic heterocycles. The van der Waals surface area contributed by atoms with Crippen LogP contribution in [-0.4, -0.2) is 61.7 Å². The van der Waals surface area contributed by atoms with E-state index in [1.165, 1.54) is 5.57 Å². The molecule has 0 unspecified atom stereocenters. The molecule has 3 rings (SSSR count). The maximum atomic E-state index is 12.8. The third kappa shape index (κ3) is 6.09. The van der Waals surface area contributed by atoms with Crippen molar-refractivity contribution in [1.29, 1.82) is 0 Å². The number of rotatable bonds is 5. The van der Waals surface area contributed by atoms with E-state index in [2.05, 4.69) is 36.0 Å². The molecule has 10 heteroatoms. The summed E-state index contributed by atoms with van der Waals surface area (Å²) in [6, 6.07) is 0.694. The zero-order valence-electron chi connectivity index (χ0n) is 18.8. The Labute approximate surface area is 197 Å². The van der Waals surface area contributed by atoms with Crippen LogP contribution in [0, 0.1) is 5.41 Å². The van der Waals surface area contributed by atoms with Crippen molar-refractivity contribution in [3.8, 4) is 0 Å². The third-order valence-corrected chi connectivity index (χ3v) is 6.15. The summed E-state index contributed by atoms with van der Waals surface area (Å²) < 4.78 is 38.4. The van der Waals surface area contributed by atoms with E-state index in [1.807, 2.05) is 18.2 Å². The molecule has 2 N–H and O–H groups in total. The summed E-state index contributed by atoms with van der Waals surface area (Å²) in [7, 11) is 0. The van der Waals surface area contributed by atoms with Crippen molar-refractivity contribution in [2.45, 2.75) is 20.0 Å². The molecule has 2 aliphatic heterocycles. The van der Waals surface area contributed by atoms with Gasteiger partial charge in [0.05, 0.1) is 10.6 Å². The van der Waals surface area contributed by atoms with Gasteiger partial charge in [0.15, 0.2) is 0 Å². The number of pyridine rings is 1. The minimum Gasteiger partial charge on any atom is -0.352 e. The number of allylic oxidation sites excluding steroid dienone is 1. The first-order valence-corrected chi connectivity index (χ1v) is 11.1. The molecule has 33 heavy (non-hydrogen) atoms. The topological polar surface area (TPSA) is 60.5 Å². The summed E-state index contributed by atoms with van der Waals surface area (Å²) in [5, 5.41) is 6.22. The van der Waals surface area contributed by atoms with E-state index in [0.717, 1.165) is 30.9 Å². The van der Waals surface area contributed by atoms with Gasteiger partial charge in [-0.3, -0.25) is 0 Å². The van der Waals surface area contributed by atoms with Crippen LogP contribution in [0.25, 0.3) is 0 Å². The number of nitrogens with zero attached hydrogens (tertiary/aromatic N) is 3. The van der Waals surface area contributed by atoms with Crippen molar-refractivity contribution >= 4 is 23.4 Å². The fourth-order valence-electron chi connectivity index (χ4n) is 4.02. The van der Waals surface area contributed by atoms with Gasteiger partial charge < -0.3 is 20.4 Å². The second kappa shape index (κ2) is 10.2. The Morgan fingerprint density at radius 2 is 2.03 bits per heavy atom. The van der Waals surface area contributed by atoms with Crippen molar-refractivity contribution < 1.29 is 18.0 Å². The van der Waals surface area contributed by atoms with Crippen LogP contribution in [-0.2, 0) is 6.18 Å². The third-order valence-electron chi connectivity index (χ3n) is 5.88. The van der Waals surface area contributed by atoms with Crippen molar-refractivity contribution in [2.75, 3.05) is 50.7 Å². The number of halogens is 4. The molecule has 0 atom stereocenters. The Bertz CT molecular complexity index is 950. The summed E-state index contributed by atoms with van der Waals surface area (Å²) in [5.41, 5.74) is 1.46. The molecule has 0 saturated carbocycles. The van der Waals surface area contributed by atoms with Gasteiger partial charge in [0.1, 0.15) is 5.82 Å². The average Bonchev–Trinajstić information content (AvgIpc) is 2.76. The number of nitrogens with one attached hydrogen (secondary N) is 2. The standard InChI is InChI=1S/C23H29ClF3N5O/c1-4-16-13-28-15-22(2,3)18(16)6-5-7-29-21(33)32-10-8-31(9-11-32)20-19(24)12-17(14-30-20)23(25,26)27/h4-6,12,14,28H,1,7-11,13,15H2,2-3H3,(H,29,33)/b6-5-. The summed E-state index contributed by atoms with van der Waals surface area (Å²) in [6.07, 6.45) is 2.14. The Balaban J connectivity index is 1.51. The fraction of sp³-hybridized carbons (Fsp3) is 0.478.